The lowest BCUT2D eigenvalue weighted by atomic mass is 10.00. The van der Waals surface area contributed by atoms with Crippen LogP contribution in [0.5, 0.6) is 5.75 Å². The Labute approximate surface area is 111 Å². The zero-order valence-corrected chi connectivity index (χ0v) is 10.9. The van der Waals surface area contributed by atoms with Gasteiger partial charge >= 0.3 is 0 Å². The topological polar surface area (TPSA) is 94.2 Å². The molecule has 1 aromatic carbocycles. The van der Waals surface area contributed by atoms with E-state index in [9.17, 15) is 10.2 Å². The molecule has 6 heteroatoms. The number of hydrogen-bond acceptors (Lipinski definition) is 6. The third kappa shape index (κ3) is 2.98. The number of nitrogen functional groups attached to an aromatic ring is 1. The molecular weight excluding hydrogens is 250 g/mol. The second kappa shape index (κ2) is 5.75. The molecule has 1 heterocycles. The fraction of sp³-hybridized carbons (Fsp3) is 0.538. The van der Waals surface area contributed by atoms with Crippen molar-refractivity contribution in [1.82, 2.24) is 0 Å². The highest BCUT2D eigenvalue weighted by atomic mass is 16.7. The summed E-state index contributed by atoms with van der Waals surface area (Å²) in [5.41, 5.74) is 6.19. The van der Waals surface area contributed by atoms with E-state index in [1.54, 1.807) is 31.2 Å². The Balaban J connectivity index is 2.06. The summed E-state index contributed by atoms with van der Waals surface area (Å²) in [6.07, 6.45) is -4.16. The van der Waals surface area contributed by atoms with Gasteiger partial charge in [0.1, 0.15) is 24.1 Å². The maximum atomic E-state index is 9.97. The van der Waals surface area contributed by atoms with E-state index in [0.29, 0.717) is 11.4 Å². The van der Waals surface area contributed by atoms with Crippen molar-refractivity contribution in [2.75, 3.05) is 12.8 Å². The SMILES string of the molecule is CO[C@H]1[C@@H](O)[C@H](O)[C@@H](Oc2ccc(N)cc2)O[C@H]1C. The Hall–Kier alpha value is -1.34. The van der Waals surface area contributed by atoms with Crippen molar-refractivity contribution in [2.45, 2.75) is 37.6 Å². The number of aliphatic hydroxyl groups is 2. The Bertz CT molecular complexity index is 410. The number of aliphatic hydroxyl groups excluding tert-OH is 2. The number of rotatable bonds is 3. The van der Waals surface area contributed by atoms with Crippen LogP contribution in [0.1, 0.15) is 6.92 Å². The second-order valence-electron chi connectivity index (χ2n) is 4.58. The molecule has 19 heavy (non-hydrogen) atoms. The molecule has 6 nitrogen and oxygen atoms in total. The molecule has 106 valence electrons. The molecule has 0 spiro atoms. The lowest BCUT2D eigenvalue weighted by Gasteiger charge is -2.40. The van der Waals surface area contributed by atoms with E-state index in [1.807, 2.05) is 0 Å². The van der Waals surface area contributed by atoms with Crippen molar-refractivity contribution in [1.29, 1.82) is 0 Å². The quantitative estimate of drug-likeness (QED) is 0.675. The van der Waals surface area contributed by atoms with Gasteiger partial charge in [-0.1, -0.05) is 0 Å². The largest absolute Gasteiger partial charge is 0.462 e. The van der Waals surface area contributed by atoms with Gasteiger partial charge in [-0.25, -0.2) is 0 Å². The summed E-state index contributed by atoms with van der Waals surface area (Å²) in [6, 6.07) is 6.71. The van der Waals surface area contributed by atoms with Gasteiger partial charge in [-0.05, 0) is 31.2 Å². The van der Waals surface area contributed by atoms with Crippen LogP contribution in [-0.2, 0) is 9.47 Å². The maximum absolute atomic E-state index is 9.97. The first-order valence-electron chi connectivity index (χ1n) is 6.09. The van der Waals surface area contributed by atoms with Crippen molar-refractivity contribution in [2.24, 2.45) is 0 Å². The maximum Gasteiger partial charge on any atom is 0.229 e. The lowest BCUT2D eigenvalue weighted by Crippen LogP contribution is -2.58. The second-order valence-corrected chi connectivity index (χ2v) is 4.58. The van der Waals surface area contributed by atoms with Gasteiger partial charge in [-0.2, -0.15) is 0 Å². The van der Waals surface area contributed by atoms with E-state index in [4.69, 9.17) is 19.9 Å². The van der Waals surface area contributed by atoms with Gasteiger partial charge in [-0.15, -0.1) is 0 Å². The minimum atomic E-state index is -1.18. The van der Waals surface area contributed by atoms with Gasteiger partial charge in [0, 0.05) is 12.8 Å². The first-order valence-corrected chi connectivity index (χ1v) is 6.09. The minimum absolute atomic E-state index is 0.387. The van der Waals surface area contributed by atoms with Crippen LogP contribution in [0.15, 0.2) is 24.3 Å². The highest BCUT2D eigenvalue weighted by Gasteiger charge is 2.44. The van der Waals surface area contributed by atoms with Gasteiger partial charge in [0.25, 0.3) is 0 Å². The summed E-state index contributed by atoms with van der Waals surface area (Å²) in [5, 5.41) is 19.9. The van der Waals surface area contributed by atoms with Crippen LogP contribution in [0.3, 0.4) is 0 Å². The molecule has 0 unspecified atom stereocenters. The van der Waals surface area contributed by atoms with E-state index in [1.165, 1.54) is 7.11 Å². The number of methoxy groups -OCH3 is 1. The fourth-order valence-electron chi connectivity index (χ4n) is 2.11. The van der Waals surface area contributed by atoms with Crippen LogP contribution in [0.25, 0.3) is 0 Å². The van der Waals surface area contributed by atoms with Gasteiger partial charge in [-0.3, -0.25) is 0 Å². The van der Waals surface area contributed by atoms with Crippen LogP contribution in [0, 0.1) is 0 Å². The molecular formula is C13H19NO5. The molecule has 1 saturated heterocycles. The highest BCUT2D eigenvalue weighted by Crippen LogP contribution is 2.25. The molecule has 0 bridgehead atoms. The molecule has 0 aliphatic carbocycles. The Morgan fingerprint density at radius 2 is 1.79 bits per heavy atom. The Kier molecular flexibility index (Phi) is 4.26. The monoisotopic (exact) mass is 269 g/mol. The summed E-state index contributed by atoms with van der Waals surface area (Å²) in [6.45, 7) is 1.75. The number of anilines is 1. The molecule has 1 aliphatic heterocycles. The molecule has 0 amide bonds. The first kappa shape index (κ1) is 14.1. The Morgan fingerprint density at radius 3 is 2.37 bits per heavy atom. The van der Waals surface area contributed by atoms with Crippen molar-refractivity contribution in [3.05, 3.63) is 24.3 Å². The predicted molar refractivity (Wildman–Crippen MR) is 68.6 cm³/mol. The molecule has 1 fully saturated rings. The number of benzene rings is 1. The summed E-state index contributed by atoms with van der Waals surface area (Å²) in [4.78, 5) is 0. The van der Waals surface area contributed by atoms with Crippen LogP contribution in [-0.4, -0.2) is 48.0 Å². The molecule has 4 N–H and O–H groups in total. The number of ether oxygens (including phenoxy) is 3. The van der Waals surface area contributed by atoms with E-state index < -0.39 is 24.6 Å². The molecule has 0 aromatic heterocycles. The summed E-state index contributed by atoms with van der Waals surface area (Å²) in [5.74, 6) is 0.508. The van der Waals surface area contributed by atoms with Crippen molar-refractivity contribution >= 4 is 5.69 Å². The van der Waals surface area contributed by atoms with E-state index in [0.717, 1.165) is 0 Å². The minimum Gasteiger partial charge on any atom is -0.462 e. The smallest absolute Gasteiger partial charge is 0.229 e. The number of hydrogen-bond donors (Lipinski definition) is 3. The molecule has 0 radical (unpaired) electrons. The highest BCUT2D eigenvalue weighted by molar-refractivity contribution is 5.41. The third-order valence-electron chi connectivity index (χ3n) is 3.18. The van der Waals surface area contributed by atoms with Gasteiger partial charge in [0.15, 0.2) is 0 Å². The van der Waals surface area contributed by atoms with Gasteiger partial charge in [0.2, 0.25) is 6.29 Å². The van der Waals surface area contributed by atoms with Crippen molar-refractivity contribution in [3.63, 3.8) is 0 Å². The van der Waals surface area contributed by atoms with Crippen LogP contribution < -0.4 is 10.5 Å². The zero-order chi connectivity index (χ0) is 14.0. The Morgan fingerprint density at radius 1 is 1.16 bits per heavy atom. The summed E-state index contributed by atoms with van der Waals surface area (Å²) < 4.78 is 16.1. The van der Waals surface area contributed by atoms with Gasteiger partial charge in [0.05, 0.1) is 6.10 Å². The fourth-order valence-corrected chi connectivity index (χ4v) is 2.11. The standard InChI is InChI=1S/C13H19NO5/c1-7-12(17-2)10(15)11(16)13(18-7)19-9-5-3-8(14)4-6-9/h3-7,10-13,15-16H,14H2,1-2H3/t7-,10-,11-,12+,13+/m0/s1. The third-order valence-corrected chi connectivity index (χ3v) is 3.18. The van der Waals surface area contributed by atoms with Crippen LogP contribution in [0.2, 0.25) is 0 Å². The van der Waals surface area contributed by atoms with E-state index in [2.05, 4.69) is 0 Å². The molecule has 1 aromatic rings. The van der Waals surface area contributed by atoms with Gasteiger partial charge < -0.3 is 30.2 Å². The normalized spacial score (nSPS) is 35.1. The summed E-state index contributed by atoms with van der Waals surface area (Å²) in [7, 11) is 1.46. The summed E-state index contributed by atoms with van der Waals surface area (Å²) >= 11 is 0. The molecule has 5 atom stereocenters. The van der Waals surface area contributed by atoms with Crippen molar-refractivity contribution < 1.29 is 24.4 Å². The van der Waals surface area contributed by atoms with Crippen LogP contribution in [0.4, 0.5) is 5.69 Å². The van der Waals surface area contributed by atoms with E-state index >= 15 is 0 Å². The average molecular weight is 269 g/mol. The molecule has 0 saturated carbocycles. The lowest BCUT2D eigenvalue weighted by molar-refractivity contribution is -0.272. The molecule has 1 aliphatic rings. The average Bonchev–Trinajstić information content (AvgIpc) is 2.39. The predicted octanol–water partition coefficient (Wildman–Crippen LogP) is 0.129. The van der Waals surface area contributed by atoms with E-state index in [-0.39, 0.29) is 6.10 Å². The van der Waals surface area contributed by atoms with Crippen molar-refractivity contribution in [3.8, 4) is 5.75 Å². The van der Waals surface area contributed by atoms with Crippen LogP contribution >= 0.6 is 0 Å². The molecule has 2 rings (SSSR count). The zero-order valence-electron chi connectivity index (χ0n) is 10.9. The first-order chi connectivity index (χ1) is 9.02. The number of nitrogens with two attached hydrogens (primary N) is 1.